The summed E-state index contributed by atoms with van der Waals surface area (Å²) in [5, 5.41) is 0. The van der Waals surface area contributed by atoms with Gasteiger partial charge in [0.15, 0.2) is 5.82 Å². The Bertz CT molecular complexity index is 511. The fourth-order valence-corrected chi connectivity index (χ4v) is 1.32. The summed E-state index contributed by atoms with van der Waals surface area (Å²) in [7, 11) is 0. The number of aromatic nitrogens is 1. The third kappa shape index (κ3) is 2.87. The Balaban J connectivity index is 2.02. The number of ether oxygens (including phenoxy) is 1. The summed E-state index contributed by atoms with van der Waals surface area (Å²) in [6.45, 7) is 0.215. The lowest BCUT2D eigenvalue weighted by atomic mass is 10.2. The van der Waals surface area contributed by atoms with Gasteiger partial charge in [0.2, 0.25) is 0 Å². The molecule has 17 heavy (non-hydrogen) atoms. The molecule has 0 saturated heterocycles. The van der Waals surface area contributed by atoms with Gasteiger partial charge in [-0.25, -0.2) is 9.37 Å². The Kier molecular flexibility index (Phi) is 3.45. The van der Waals surface area contributed by atoms with Crippen molar-refractivity contribution in [2.75, 3.05) is 0 Å². The molecule has 1 aromatic carbocycles. The van der Waals surface area contributed by atoms with E-state index in [0.29, 0.717) is 5.56 Å². The van der Waals surface area contributed by atoms with Crippen molar-refractivity contribution in [3.8, 4) is 5.88 Å². The quantitative estimate of drug-likeness (QED) is 0.759. The highest BCUT2D eigenvalue weighted by molar-refractivity contribution is 5.74. The van der Waals surface area contributed by atoms with Gasteiger partial charge in [0, 0.05) is 11.8 Å². The van der Waals surface area contributed by atoms with E-state index in [4.69, 9.17) is 4.74 Å². The molecule has 1 heterocycles. The van der Waals surface area contributed by atoms with Crippen LogP contribution in [-0.2, 0) is 6.61 Å². The Labute approximate surface area is 97.9 Å². The van der Waals surface area contributed by atoms with Crippen molar-refractivity contribution in [3.05, 3.63) is 59.5 Å². The highest BCUT2D eigenvalue weighted by Crippen LogP contribution is 2.13. The summed E-state index contributed by atoms with van der Waals surface area (Å²) in [6, 6.07) is 9.66. The topological polar surface area (TPSA) is 39.2 Å². The number of carbonyl (C=O) groups excluding carboxylic acids is 1. The van der Waals surface area contributed by atoms with Crippen molar-refractivity contribution in [2.24, 2.45) is 0 Å². The molecule has 0 aliphatic rings. The number of hydrogen-bond donors (Lipinski definition) is 0. The summed E-state index contributed by atoms with van der Waals surface area (Å²) in [4.78, 5) is 14.2. The number of benzene rings is 1. The largest absolute Gasteiger partial charge is 0.471 e. The third-order valence-electron chi connectivity index (χ3n) is 2.22. The van der Waals surface area contributed by atoms with Crippen LogP contribution < -0.4 is 4.74 Å². The molecule has 0 radical (unpaired) electrons. The average molecular weight is 231 g/mol. The second kappa shape index (κ2) is 5.21. The normalized spacial score (nSPS) is 9.94. The van der Waals surface area contributed by atoms with Gasteiger partial charge in [-0.15, -0.1) is 0 Å². The van der Waals surface area contributed by atoms with Gasteiger partial charge in [-0.2, -0.15) is 0 Å². The van der Waals surface area contributed by atoms with E-state index in [2.05, 4.69) is 4.98 Å². The number of halogens is 1. The Hall–Kier alpha value is -2.23. The molecule has 0 fully saturated rings. The van der Waals surface area contributed by atoms with Crippen LogP contribution in [0.2, 0.25) is 0 Å². The maximum atomic E-state index is 13.2. The fourth-order valence-electron chi connectivity index (χ4n) is 1.32. The minimum absolute atomic E-state index is 0.0213. The molecule has 4 heteroatoms. The van der Waals surface area contributed by atoms with Crippen molar-refractivity contribution >= 4 is 6.29 Å². The van der Waals surface area contributed by atoms with Crippen molar-refractivity contribution < 1.29 is 13.9 Å². The maximum Gasteiger partial charge on any atom is 0.250 e. The first-order chi connectivity index (χ1) is 8.29. The molecule has 0 bridgehead atoms. The van der Waals surface area contributed by atoms with Crippen LogP contribution in [0.1, 0.15) is 15.9 Å². The average Bonchev–Trinajstić information content (AvgIpc) is 2.38. The summed E-state index contributed by atoms with van der Waals surface area (Å²) in [5.41, 5.74) is 1.44. The number of pyridine rings is 1. The SMILES string of the molecule is O=Cc1ccc(COc2ncccc2F)cc1. The summed E-state index contributed by atoms with van der Waals surface area (Å²) in [5.74, 6) is -0.510. The molecule has 0 saturated carbocycles. The van der Waals surface area contributed by atoms with Crippen molar-refractivity contribution in [1.82, 2.24) is 4.98 Å². The van der Waals surface area contributed by atoms with E-state index in [1.807, 2.05) is 0 Å². The van der Waals surface area contributed by atoms with Crippen molar-refractivity contribution in [2.45, 2.75) is 6.61 Å². The van der Waals surface area contributed by atoms with E-state index in [0.717, 1.165) is 11.8 Å². The lowest BCUT2D eigenvalue weighted by molar-refractivity contribution is 0.112. The molecule has 86 valence electrons. The predicted molar refractivity (Wildman–Crippen MR) is 60.4 cm³/mol. The minimum atomic E-state index is -0.489. The molecular weight excluding hydrogens is 221 g/mol. The first kappa shape index (κ1) is 11.3. The number of rotatable bonds is 4. The molecule has 2 rings (SSSR count). The Morgan fingerprint density at radius 1 is 1.24 bits per heavy atom. The summed E-state index contributed by atoms with van der Waals surface area (Å²) in [6.07, 6.45) is 2.23. The first-order valence-corrected chi connectivity index (χ1v) is 5.07. The van der Waals surface area contributed by atoms with Crippen LogP contribution in [0.3, 0.4) is 0 Å². The molecule has 3 nitrogen and oxygen atoms in total. The van der Waals surface area contributed by atoms with Crippen molar-refractivity contribution in [3.63, 3.8) is 0 Å². The monoisotopic (exact) mass is 231 g/mol. The number of hydrogen-bond acceptors (Lipinski definition) is 3. The second-order valence-electron chi connectivity index (χ2n) is 3.44. The Morgan fingerprint density at radius 2 is 2.00 bits per heavy atom. The molecule has 0 aliphatic carbocycles. The van der Waals surface area contributed by atoms with Crippen LogP contribution in [0.25, 0.3) is 0 Å². The van der Waals surface area contributed by atoms with Crippen LogP contribution in [0.5, 0.6) is 5.88 Å². The molecule has 0 atom stereocenters. The third-order valence-corrected chi connectivity index (χ3v) is 2.22. The van der Waals surface area contributed by atoms with Gasteiger partial charge in [0.25, 0.3) is 5.88 Å². The van der Waals surface area contributed by atoms with Crippen LogP contribution in [0, 0.1) is 5.82 Å². The standard InChI is InChI=1S/C13H10FNO2/c14-12-2-1-7-15-13(12)17-9-11-5-3-10(8-16)4-6-11/h1-8H,9H2. The van der Waals surface area contributed by atoms with Gasteiger partial charge in [0.05, 0.1) is 0 Å². The zero-order valence-corrected chi connectivity index (χ0v) is 8.97. The minimum Gasteiger partial charge on any atom is -0.471 e. The zero-order chi connectivity index (χ0) is 12.1. The predicted octanol–water partition coefficient (Wildman–Crippen LogP) is 2.61. The van der Waals surface area contributed by atoms with Gasteiger partial charge in [-0.05, 0) is 17.7 Å². The highest BCUT2D eigenvalue weighted by Gasteiger charge is 2.03. The lowest BCUT2D eigenvalue weighted by Gasteiger charge is -2.05. The number of aldehydes is 1. The van der Waals surface area contributed by atoms with E-state index in [1.165, 1.54) is 18.3 Å². The summed E-state index contributed by atoms with van der Waals surface area (Å²) < 4.78 is 18.4. The highest BCUT2D eigenvalue weighted by atomic mass is 19.1. The van der Waals surface area contributed by atoms with Crippen molar-refractivity contribution in [1.29, 1.82) is 0 Å². The fraction of sp³-hybridized carbons (Fsp3) is 0.0769. The van der Waals surface area contributed by atoms with E-state index in [-0.39, 0.29) is 12.5 Å². The first-order valence-electron chi connectivity index (χ1n) is 5.07. The van der Waals surface area contributed by atoms with Crippen LogP contribution in [0.4, 0.5) is 4.39 Å². The van der Waals surface area contributed by atoms with Crippen LogP contribution in [-0.4, -0.2) is 11.3 Å². The van der Waals surface area contributed by atoms with Crippen LogP contribution >= 0.6 is 0 Å². The van der Waals surface area contributed by atoms with E-state index >= 15 is 0 Å². The number of carbonyl (C=O) groups is 1. The molecule has 1 aromatic heterocycles. The van der Waals surface area contributed by atoms with E-state index in [9.17, 15) is 9.18 Å². The van der Waals surface area contributed by atoms with Crippen LogP contribution in [0.15, 0.2) is 42.6 Å². The number of nitrogens with zero attached hydrogens (tertiary/aromatic N) is 1. The molecule has 0 amide bonds. The smallest absolute Gasteiger partial charge is 0.250 e. The maximum absolute atomic E-state index is 13.2. The molecular formula is C13H10FNO2. The molecule has 2 aromatic rings. The zero-order valence-electron chi connectivity index (χ0n) is 8.97. The van der Waals surface area contributed by atoms with Gasteiger partial charge in [-0.3, -0.25) is 4.79 Å². The molecule has 0 aliphatic heterocycles. The van der Waals surface area contributed by atoms with E-state index < -0.39 is 5.82 Å². The molecule has 0 N–H and O–H groups in total. The van der Waals surface area contributed by atoms with Gasteiger partial charge in [-0.1, -0.05) is 24.3 Å². The lowest BCUT2D eigenvalue weighted by Crippen LogP contribution is -1.99. The van der Waals surface area contributed by atoms with E-state index in [1.54, 1.807) is 24.3 Å². The molecule has 0 spiro atoms. The molecule has 0 unspecified atom stereocenters. The second-order valence-corrected chi connectivity index (χ2v) is 3.44. The van der Waals surface area contributed by atoms with Gasteiger partial charge < -0.3 is 4.74 Å². The Morgan fingerprint density at radius 3 is 2.65 bits per heavy atom. The van der Waals surface area contributed by atoms with Gasteiger partial charge in [0.1, 0.15) is 12.9 Å². The summed E-state index contributed by atoms with van der Waals surface area (Å²) >= 11 is 0. The van der Waals surface area contributed by atoms with Gasteiger partial charge >= 0.3 is 0 Å².